The van der Waals surface area contributed by atoms with E-state index >= 15 is 0 Å². The van der Waals surface area contributed by atoms with Crippen LogP contribution >= 0.6 is 15.9 Å². The van der Waals surface area contributed by atoms with E-state index in [9.17, 15) is 24.6 Å². The third-order valence-electron chi connectivity index (χ3n) is 11.9. The van der Waals surface area contributed by atoms with Crippen molar-refractivity contribution in [2.45, 2.75) is 68.7 Å². The van der Waals surface area contributed by atoms with Crippen LogP contribution in [0.2, 0.25) is 0 Å². The lowest BCUT2D eigenvalue weighted by Crippen LogP contribution is -2.60. The summed E-state index contributed by atoms with van der Waals surface area (Å²) in [6.45, 7) is 0.525. The molecule has 8 rings (SSSR count). The molecular weight excluding hydrogens is 806 g/mol. The fraction of sp³-hybridized carbons (Fsp3) is 0.341. The first-order valence-electron chi connectivity index (χ1n) is 19.4. The molecule has 302 valence electrons. The summed E-state index contributed by atoms with van der Waals surface area (Å²) in [6, 6.07) is 25.9. The first-order valence-corrected chi connectivity index (χ1v) is 20.2. The van der Waals surface area contributed by atoms with Crippen LogP contribution in [0.5, 0.6) is 11.5 Å². The van der Waals surface area contributed by atoms with Crippen molar-refractivity contribution in [1.29, 1.82) is 0 Å². The van der Waals surface area contributed by atoms with Gasteiger partial charge < -0.3 is 44.5 Å². The number of phenols is 1. The van der Waals surface area contributed by atoms with Gasteiger partial charge >= 0.3 is 6.09 Å². The summed E-state index contributed by atoms with van der Waals surface area (Å²) in [5, 5.41) is 31.0. The van der Waals surface area contributed by atoms with E-state index in [4.69, 9.17) is 14.2 Å². The van der Waals surface area contributed by atoms with Crippen LogP contribution in [0.1, 0.15) is 42.1 Å². The van der Waals surface area contributed by atoms with Crippen molar-refractivity contribution in [3.8, 4) is 22.6 Å². The molecule has 2 bridgehead atoms. The number of aromatic hydroxyl groups is 1. The number of hydrogen-bond acceptors (Lipinski definition) is 9. The van der Waals surface area contributed by atoms with E-state index in [2.05, 4.69) is 51.0 Å². The maximum absolute atomic E-state index is 13.4. The number of morpholine rings is 1. The van der Waals surface area contributed by atoms with Gasteiger partial charge in [-0.25, -0.2) is 4.79 Å². The van der Waals surface area contributed by atoms with Crippen molar-refractivity contribution >= 4 is 50.2 Å². The Bertz CT molecular complexity index is 2400. The molecule has 4 heterocycles. The zero-order valence-corrected chi connectivity index (χ0v) is 34.0. The summed E-state index contributed by atoms with van der Waals surface area (Å²) in [6.07, 6.45) is 1.11. The topological polar surface area (TPSA) is 175 Å². The molecule has 0 saturated carbocycles. The van der Waals surface area contributed by atoms with Crippen LogP contribution in [0.15, 0.2) is 94.2 Å². The van der Waals surface area contributed by atoms with Gasteiger partial charge in [-0.15, -0.1) is 0 Å². The van der Waals surface area contributed by atoms with Crippen molar-refractivity contribution in [3.63, 3.8) is 0 Å². The number of fused-ring (bicyclic) bond motifs is 6. The number of rotatable bonds is 13. The number of ether oxygens (including phenoxy) is 3. The number of nitrogens with zero attached hydrogens (tertiary/aromatic N) is 1. The third-order valence-corrected chi connectivity index (χ3v) is 12.6. The largest absolute Gasteiger partial charge is 0.506 e. The molecule has 4 aromatic carbocycles. The number of phenolic OH excluding ortho intramolecular Hbond substituents is 1. The highest BCUT2D eigenvalue weighted by molar-refractivity contribution is 9.10. The fourth-order valence-electron chi connectivity index (χ4n) is 8.80. The highest BCUT2D eigenvalue weighted by atomic mass is 79.9. The van der Waals surface area contributed by atoms with Gasteiger partial charge in [-0.2, -0.15) is 0 Å². The molecule has 3 aliphatic heterocycles. The zero-order valence-electron chi connectivity index (χ0n) is 32.5. The van der Waals surface area contributed by atoms with E-state index in [1.165, 1.54) is 12.1 Å². The summed E-state index contributed by atoms with van der Waals surface area (Å²) in [4.78, 5) is 41.1. The van der Waals surface area contributed by atoms with E-state index in [1.807, 2.05) is 54.6 Å². The van der Waals surface area contributed by atoms with Gasteiger partial charge in [-0.3, -0.25) is 14.9 Å². The molecule has 0 spiro atoms. The molecule has 5 aromatic rings. The lowest BCUT2D eigenvalue weighted by Gasteiger charge is -2.45. The summed E-state index contributed by atoms with van der Waals surface area (Å²) in [5.41, 5.74) is 5.12. The number of epoxide rings is 1. The zero-order chi connectivity index (χ0) is 40.7. The molecular formula is C44H47BrN5O8+. The molecule has 58 heavy (non-hydrogen) atoms. The van der Waals surface area contributed by atoms with E-state index in [1.54, 1.807) is 25.3 Å². The summed E-state index contributed by atoms with van der Waals surface area (Å²) in [7, 11) is 6.04. The molecule has 3 saturated heterocycles. The van der Waals surface area contributed by atoms with Gasteiger partial charge in [0.1, 0.15) is 41.9 Å². The minimum Gasteiger partial charge on any atom is -0.506 e. The number of aliphatic hydroxyl groups is 1. The number of methoxy groups -OCH3 is 1. The number of aliphatic hydroxyl groups excluding tert-OH is 1. The fourth-order valence-corrected chi connectivity index (χ4v) is 9.29. The number of hydrogen-bond donors (Lipinski definition) is 6. The van der Waals surface area contributed by atoms with Gasteiger partial charge in [-0.05, 0) is 63.3 Å². The molecule has 13 nitrogen and oxygen atoms in total. The van der Waals surface area contributed by atoms with Gasteiger partial charge in [0.15, 0.2) is 0 Å². The number of pyridine rings is 1. The Morgan fingerprint density at radius 2 is 1.72 bits per heavy atom. The first kappa shape index (κ1) is 39.6. The van der Waals surface area contributed by atoms with Gasteiger partial charge in [-0.1, -0.05) is 48.5 Å². The molecule has 2 amide bonds. The van der Waals surface area contributed by atoms with Crippen LogP contribution in [0.3, 0.4) is 0 Å². The van der Waals surface area contributed by atoms with Crippen LogP contribution in [0, 0.1) is 0 Å². The van der Waals surface area contributed by atoms with Gasteiger partial charge in [0.05, 0.1) is 44.2 Å². The lowest BCUT2D eigenvalue weighted by molar-refractivity contribution is -0.938. The second-order valence-electron chi connectivity index (χ2n) is 15.8. The van der Waals surface area contributed by atoms with Crippen molar-refractivity contribution in [1.82, 2.24) is 10.3 Å². The molecule has 0 aliphatic carbocycles. The maximum atomic E-state index is 13.4. The second kappa shape index (κ2) is 16.2. The van der Waals surface area contributed by atoms with Crippen molar-refractivity contribution < 1.29 is 38.5 Å². The van der Waals surface area contributed by atoms with E-state index in [0.29, 0.717) is 57.6 Å². The van der Waals surface area contributed by atoms with Gasteiger partial charge in [0, 0.05) is 65.5 Å². The number of carbonyl (C=O) groups excluding carboxylic acids is 2. The number of nitrogens with one attached hydrogen (secondary N) is 4. The lowest BCUT2D eigenvalue weighted by atomic mass is 9.96. The van der Waals surface area contributed by atoms with Gasteiger partial charge in [0.2, 0.25) is 11.5 Å². The highest BCUT2D eigenvalue weighted by Crippen LogP contribution is 2.51. The monoisotopic (exact) mass is 852 g/mol. The minimum atomic E-state index is -0.928. The van der Waals surface area contributed by atoms with Crippen molar-refractivity contribution in [3.05, 3.63) is 116 Å². The minimum absolute atomic E-state index is 0.0753. The van der Waals surface area contributed by atoms with Crippen LogP contribution < -0.4 is 26.2 Å². The number of halogens is 1. The molecule has 14 heteroatoms. The predicted molar refractivity (Wildman–Crippen MR) is 224 cm³/mol. The SMILES string of the molecule is COc1cc(NC(=O)CCc2ccc(-c3ccccc3)c(NC(=O)OC3C[C@@H]4[C@H]5O[C@H]5[C@H](C3)[N+]4(C)C)c2)c(Br)cc1CNC[C@H](O)c1ccc(O)c2[nH]c(=O)ccc12. The van der Waals surface area contributed by atoms with Crippen LogP contribution in [-0.2, 0) is 27.2 Å². The van der Waals surface area contributed by atoms with Gasteiger partial charge in [0.25, 0.3) is 0 Å². The normalized spacial score (nSPS) is 21.8. The number of H-pyrrole nitrogens is 1. The quantitative estimate of drug-likeness (QED) is 0.0581. The van der Waals surface area contributed by atoms with Crippen LogP contribution in [0.4, 0.5) is 16.2 Å². The Balaban J connectivity index is 0.884. The molecule has 1 unspecified atom stereocenters. The average Bonchev–Trinajstić information content (AvgIpc) is 3.98. The number of aromatic amines is 1. The number of carbonyl (C=O) groups is 2. The number of piperidine rings is 1. The number of amides is 2. The summed E-state index contributed by atoms with van der Waals surface area (Å²) in [5.74, 6) is 0.269. The average molecular weight is 854 g/mol. The number of likely N-dealkylation sites (N-methyl/N-ethyl adjacent to an activating group) is 1. The Morgan fingerprint density at radius 3 is 2.47 bits per heavy atom. The number of aromatic nitrogens is 1. The predicted octanol–water partition coefficient (Wildman–Crippen LogP) is 6.37. The maximum Gasteiger partial charge on any atom is 0.411 e. The molecule has 3 aliphatic rings. The number of benzene rings is 4. The Labute approximate surface area is 344 Å². The number of aryl methyl sites for hydroxylation is 1. The molecule has 6 N–H and O–H groups in total. The molecule has 1 aromatic heterocycles. The van der Waals surface area contributed by atoms with Crippen molar-refractivity contribution in [2.24, 2.45) is 0 Å². The first-order chi connectivity index (χ1) is 27.9. The van der Waals surface area contributed by atoms with E-state index in [-0.39, 0.29) is 54.0 Å². The molecule has 3 fully saturated rings. The molecule has 0 radical (unpaired) electrons. The van der Waals surface area contributed by atoms with E-state index in [0.717, 1.165) is 39.6 Å². The smallest absolute Gasteiger partial charge is 0.411 e. The van der Waals surface area contributed by atoms with Crippen molar-refractivity contribution in [2.75, 3.05) is 38.4 Å². The molecule has 6 atom stereocenters. The number of quaternary nitrogens is 1. The third kappa shape index (κ3) is 8.07. The standard InChI is InChI=1S/C44H46BrN5O8/c1-50(2)34-19-27(20-35(50)43-42(34)58-43)57-44(55)48-32-17-24(9-11-28(32)25-7-5-4-6-8-25)10-15-39(53)47-33-21-38(56-3)26(18-31(33)45)22-46-23-37(52)29-12-14-36(51)41-30(29)13-16-40(54)49-41/h4-9,11-14,16-18,21,27,34-35,37,42-43,46,52H,10,15,19-20,22-23H2,1-3H3,(H3-,47,48,49,51,53,54,55)/p+1/t27?,34-,35+,37-,42-,43+/m0/s1. The Kier molecular flexibility index (Phi) is 11.0. The van der Waals surface area contributed by atoms with Crippen LogP contribution in [0.25, 0.3) is 22.0 Å². The Morgan fingerprint density at radius 1 is 0.966 bits per heavy atom. The van der Waals surface area contributed by atoms with Crippen LogP contribution in [-0.4, -0.2) is 89.8 Å². The van der Waals surface area contributed by atoms with E-state index < -0.39 is 12.2 Å². The highest BCUT2D eigenvalue weighted by Gasteiger charge is 2.70. The summed E-state index contributed by atoms with van der Waals surface area (Å²) >= 11 is 3.59. The second-order valence-corrected chi connectivity index (χ2v) is 16.7. The Hall–Kier alpha value is -5.25. The number of anilines is 2. The summed E-state index contributed by atoms with van der Waals surface area (Å²) < 4.78 is 19.1.